The summed E-state index contributed by atoms with van der Waals surface area (Å²) < 4.78 is 0. The van der Waals surface area contributed by atoms with Crippen LogP contribution in [0.3, 0.4) is 0 Å². The zero-order chi connectivity index (χ0) is 8.27. The molecular weight excluding hydrogens is 134 g/mol. The van der Waals surface area contributed by atoms with Crippen LogP contribution in [0.15, 0.2) is 0 Å². The van der Waals surface area contributed by atoms with Gasteiger partial charge in [-0.1, -0.05) is 20.8 Å². The summed E-state index contributed by atoms with van der Waals surface area (Å²) in [6.45, 7) is 10.5. The maximum Gasteiger partial charge on any atom is 0.000968 e. The smallest absolute Gasteiger partial charge is 0.000968 e. The zero-order valence-electron chi connectivity index (χ0n) is 8.14. The van der Waals surface area contributed by atoms with E-state index in [4.69, 9.17) is 0 Å². The van der Waals surface area contributed by atoms with Crippen LogP contribution in [0.1, 0.15) is 33.6 Å². The lowest BCUT2D eigenvalue weighted by Crippen LogP contribution is -2.46. The first-order chi connectivity index (χ1) is 5.36. The quantitative estimate of drug-likeness (QED) is 0.519. The number of piperidine rings is 3. The fourth-order valence-corrected chi connectivity index (χ4v) is 2.26. The largest absolute Gasteiger partial charge is 0.303 e. The fourth-order valence-electron chi connectivity index (χ4n) is 2.26. The molecule has 3 heterocycles. The predicted molar refractivity (Wildman–Crippen MR) is 49.7 cm³/mol. The van der Waals surface area contributed by atoms with Crippen LogP contribution in [0.4, 0.5) is 0 Å². The summed E-state index contributed by atoms with van der Waals surface area (Å²) in [5, 5.41) is 0. The summed E-state index contributed by atoms with van der Waals surface area (Å²) in [6.07, 6.45) is 2.95. The van der Waals surface area contributed by atoms with E-state index in [2.05, 4.69) is 11.8 Å². The fraction of sp³-hybridized carbons (Fsp3) is 1.00. The molecule has 0 spiro atoms. The van der Waals surface area contributed by atoms with Crippen molar-refractivity contribution in [1.29, 1.82) is 0 Å². The lowest BCUT2D eigenvalue weighted by atomic mass is 9.80. The highest BCUT2D eigenvalue weighted by atomic mass is 15.1. The molecule has 3 saturated heterocycles. The Morgan fingerprint density at radius 2 is 1.64 bits per heavy atom. The van der Waals surface area contributed by atoms with E-state index in [1.165, 1.54) is 32.5 Å². The van der Waals surface area contributed by atoms with E-state index in [1.807, 2.05) is 13.8 Å². The van der Waals surface area contributed by atoms with E-state index in [0.717, 1.165) is 11.8 Å². The van der Waals surface area contributed by atoms with Crippen LogP contribution < -0.4 is 0 Å². The van der Waals surface area contributed by atoms with Crippen LogP contribution in [-0.2, 0) is 0 Å². The third-order valence-corrected chi connectivity index (χ3v) is 2.98. The van der Waals surface area contributed by atoms with Crippen LogP contribution >= 0.6 is 0 Å². The minimum atomic E-state index is 0.993. The molecule has 0 saturated carbocycles. The van der Waals surface area contributed by atoms with Crippen molar-refractivity contribution in [2.45, 2.75) is 33.6 Å². The van der Waals surface area contributed by atoms with Crippen molar-refractivity contribution in [2.75, 3.05) is 19.6 Å². The van der Waals surface area contributed by atoms with Crippen molar-refractivity contribution >= 4 is 0 Å². The molecule has 1 nitrogen and oxygen atoms in total. The van der Waals surface area contributed by atoms with E-state index in [9.17, 15) is 0 Å². The van der Waals surface area contributed by atoms with Gasteiger partial charge in [-0.05, 0) is 37.8 Å². The number of nitrogens with zero attached hydrogens (tertiary/aromatic N) is 1. The number of hydrogen-bond acceptors (Lipinski definition) is 1. The van der Waals surface area contributed by atoms with Gasteiger partial charge in [0.05, 0.1) is 0 Å². The highest BCUT2D eigenvalue weighted by Crippen LogP contribution is 2.31. The molecule has 0 amide bonds. The van der Waals surface area contributed by atoms with Gasteiger partial charge in [0, 0.05) is 6.54 Å². The molecule has 0 aliphatic carbocycles. The van der Waals surface area contributed by atoms with Gasteiger partial charge in [-0.2, -0.15) is 0 Å². The van der Waals surface area contributed by atoms with Crippen molar-refractivity contribution in [3.8, 4) is 0 Å². The third kappa shape index (κ3) is 1.96. The Labute approximate surface area is 70.8 Å². The van der Waals surface area contributed by atoms with Crippen molar-refractivity contribution < 1.29 is 0 Å². The van der Waals surface area contributed by atoms with Gasteiger partial charge < -0.3 is 4.90 Å². The second kappa shape index (κ2) is 4.10. The van der Waals surface area contributed by atoms with Gasteiger partial charge in [-0.15, -0.1) is 0 Å². The first kappa shape index (κ1) is 9.05. The molecule has 0 aromatic rings. The average molecular weight is 155 g/mol. The Balaban J connectivity index is 0.000000281. The summed E-state index contributed by atoms with van der Waals surface area (Å²) in [4.78, 5) is 2.60. The molecule has 1 heteroatoms. The molecule has 0 N–H and O–H groups in total. The predicted octanol–water partition coefficient (Wildman–Crippen LogP) is 2.37. The van der Waals surface area contributed by atoms with Gasteiger partial charge in [-0.3, -0.25) is 0 Å². The zero-order valence-corrected chi connectivity index (χ0v) is 8.14. The molecule has 3 rings (SSSR count). The lowest BCUT2D eigenvalue weighted by molar-refractivity contribution is 0.0603. The summed E-state index contributed by atoms with van der Waals surface area (Å²) in [5.41, 5.74) is 0. The first-order valence-electron chi connectivity index (χ1n) is 5.08. The lowest BCUT2D eigenvalue weighted by Gasteiger charge is -2.43. The SMILES string of the molecule is CC.CC1CN2CCC1CC2. The van der Waals surface area contributed by atoms with Gasteiger partial charge in [0.15, 0.2) is 0 Å². The van der Waals surface area contributed by atoms with Crippen molar-refractivity contribution in [3.05, 3.63) is 0 Å². The van der Waals surface area contributed by atoms with Gasteiger partial charge >= 0.3 is 0 Å². The van der Waals surface area contributed by atoms with Crippen LogP contribution in [0.2, 0.25) is 0 Å². The van der Waals surface area contributed by atoms with Crippen molar-refractivity contribution in [3.63, 3.8) is 0 Å². The molecule has 3 aliphatic rings. The molecule has 1 atom stereocenters. The standard InChI is InChI=1S/C8H15N.C2H6/c1-7-6-9-4-2-8(7)3-5-9;1-2/h7-8H,2-6H2,1H3;1-2H3. The van der Waals surface area contributed by atoms with Crippen LogP contribution in [0.5, 0.6) is 0 Å². The van der Waals surface area contributed by atoms with E-state index in [0.29, 0.717) is 0 Å². The maximum atomic E-state index is 2.60. The topological polar surface area (TPSA) is 3.24 Å². The van der Waals surface area contributed by atoms with Gasteiger partial charge in [0.1, 0.15) is 0 Å². The Kier molecular flexibility index (Phi) is 3.38. The molecule has 1 unspecified atom stereocenters. The van der Waals surface area contributed by atoms with Crippen LogP contribution in [0, 0.1) is 11.8 Å². The Morgan fingerprint density at radius 3 is 1.82 bits per heavy atom. The Morgan fingerprint density at radius 1 is 1.09 bits per heavy atom. The van der Waals surface area contributed by atoms with E-state index >= 15 is 0 Å². The highest BCUT2D eigenvalue weighted by molar-refractivity contribution is 4.83. The third-order valence-electron chi connectivity index (χ3n) is 2.98. The average Bonchev–Trinajstić information content (AvgIpc) is 2.10. The highest BCUT2D eigenvalue weighted by Gasteiger charge is 2.30. The minimum absolute atomic E-state index is 0.993. The number of hydrogen-bond donors (Lipinski definition) is 0. The number of rotatable bonds is 0. The molecule has 66 valence electrons. The summed E-state index contributed by atoms with van der Waals surface area (Å²) in [5.74, 6) is 2.07. The minimum Gasteiger partial charge on any atom is -0.303 e. The Hall–Kier alpha value is -0.0400. The van der Waals surface area contributed by atoms with E-state index < -0.39 is 0 Å². The normalized spacial score (nSPS) is 41.2. The molecule has 11 heavy (non-hydrogen) atoms. The number of fused-ring (bicyclic) bond motifs is 3. The molecule has 0 aromatic heterocycles. The van der Waals surface area contributed by atoms with Gasteiger partial charge in [0.2, 0.25) is 0 Å². The summed E-state index contributed by atoms with van der Waals surface area (Å²) in [6, 6.07) is 0. The van der Waals surface area contributed by atoms with Crippen LogP contribution in [-0.4, -0.2) is 24.5 Å². The molecule has 3 aliphatic heterocycles. The molecule has 0 radical (unpaired) electrons. The molecule has 0 aromatic carbocycles. The second-order valence-corrected chi connectivity index (χ2v) is 3.62. The molecule has 2 bridgehead atoms. The monoisotopic (exact) mass is 155 g/mol. The van der Waals surface area contributed by atoms with E-state index in [1.54, 1.807) is 0 Å². The van der Waals surface area contributed by atoms with E-state index in [-0.39, 0.29) is 0 Å². The van der Waals surface area contributed by atoms with Crippen LogP contribution in [0.25, 0.3) is 0 Å². The summed E-state index contributed by atoms with van der Waals surface area (Å²) in [7, 11) is 0. The van der Waals surface area contributed by atoms with Crippen molar-refractivity contribution in [1.82, 2.24) is 4.90 Å². The Bertz CT molecular complexity index is 103. The first-order valence-corrected chi connectivity index (χ1v) is 5.08. The van der Waals surface area contributed by atoms with Gasteiger partial charge in [-0.25, -0.2) is 0 Å². The van der Waals surface area contributed by atoms with Gasteiger partial charge in [0.25, 0.3) is 0 Å². The maximum absolute atomic E-state index is 2.60. The molecular formula is C10H21N. The summed E-state index contributed by atoms with van der Waals surface area (Å²) >= 11 is 0. The van der Waals surface area contributed by atoms with Crippen molar-refractivity contribution in [2.24, 2.45) is 11.8 Å². The molecule has 3 fully saturated rings. The second-order valence-electron chi connectivity index (χ2n) is 3.62.